The van der Waals surface area contributed by atoms with Crippen molar-refractivity contribution < 1.29 is 0 Å². The average Bonchev–Trinajstić information content (AvgIpc) is 2.82. The molecule has 0 fully saturated rings. The van der Waals surface area contributed by atoms with Crippen LogP contribution in [0.3, 0.4) is 0 Å². The van der Waals surface area contributed by atoms with Gasteiger partial charge in [-0.05, 0) is 36.3 Å². The SMILES string of the molecule is Cc1ccc2cc(C3=CCNC3)ccc2n1. The maximum Gasteiger partial charge on any atom is 0.0705 e. The Balaban J connectivity index is 2.12. The molecule has 2 heteroatoms. The second-order valence-electron chi connectivity index (χ2n) is 4.22. The van der Waals surface area contributed by atoms with E-state index in [0.717, 1.165) is 24.3 Å². The van der Waals surface area contributed by atoms with Crippen molar-refractivity contribution in [1.82, 2.24) is 10.3 Å². The summed E-state index contributed by atoms with van der Waals surface area (Å²) in [5.74, 6) is 0. The van der Waals surface area contributed by atoms with E-state index in [-0.39, 0.29) is 0 Å². The van der Waals surface area contributed by atoms with Crippen LogP contribution < -0.4 is 5.32 Å². The fourth-order valence-electron chi connectivity index (χ4n) is 2.12. The first-order valence-electron chi connectivity index (χ1n) is 5.60. The molecule has 16 heavy (non-hydrogen) atoms. The van der Waals surface area contributed by atoms with Crippen LogP contribution in [0.5, 0.6) is 0 Å². The molecule has 1 aliphatic heterocycles. The first kappa shape index (κ1) is 9.55. The Labute approximate surface area is 95.0 Å². The van der Waals surface area contributed by atoms with Crippen LogP contribution in [0.2, 0.25) is 0 Å². The van der Waals surface area contributed by atoms with E-state index < -0.39 is 0 Å². The Bertz CT molecular complexity index is 570. The number of hydrogen-bond donors (Lipinski definition) is 1. The van der Waals surface area contributed by atoms with Gasteiger partial charge in [-0.25, -0.2) is 0 Å². The predicted molar refractivity (Wildman–Crippen MR) is 67.3 cm³/mol. The second kappa shape index (κ2) is 3.72. The Hall–Kier alpha value is -1.67. The molecule has 3 rings (SSSR count). The third-order valence-corrected chi connectivity index (χ3v) is 3.01. The summed E-state index contributed by atoms with van der Waals surface area (Å²) in [6.45, 7) is 3.99. The van der Waals surface area contributed by atoms with Crippen LogP contribution >= 0.6 is 0 Å². The Morgan fingerprint density at radius 1 is 1.19 bits per heavy atom. The van der Waals surface area contributed by atoms with E-state index in [9.17, 15) is 0 Å². The largest absolute Gasteiger partial charge is 0.309 e. The van der Waals surface area contributed by atoms with Crippen LogP contribution in [-0.4, -0.2) is 18.1 Å². The van der Waals surface area contributed by atoms with Gasteiger partial charge in [0.25, 0.3) is 0 Å². The van der Waals surface area contributed by atoms with Gasteiger partial charge >= 0.3 is 0 Å². The molecule has 0 unspecified atom stereocenters. The van der Waals surface area contributed by atoms with Crippen molar-refractivity contribution >= 4 is 16.5 Å². The molecule has 0 atom stereocenters. The fraction of sp³-hybridized carbons (Fsp3) is 0.214. The van der Waals surface area contributed by atoms with E-state index in [0.29, 0.717) is 0 Å². The molecule has 2 nitrogen and oxygen atoms in total. The summed E-state index contributed by atoms with van der Waals surface area (Å²) in [6.07, 6.45) is 2.25. The van der Waals surface area contributed by atoms with E-state index in [1.165, 1.54) is 16.5 Å². The van der Waals surface area contributed by atoms with Gasteiger partial charge in [0.2, 0.25) is 0 Å². The summed E-state index contributed by atoms with van der Waals surface area (Å²) in [5.41, 5.74) is 4.85. The third kappa shape index (κ3) is 1.61. The molecule has 0 bridgehead atoms. The van der Waals surface area contributed by atoms with Crippen LogP contribution in [-0.2, 0) is 0 Å². The van der Waals surface area contributed by atoms with Crippen LogP contribution in [0.15, 0.2) is 36.4 Å². The molecular weight excluding hydrogens is 196 g/mol. The molecule has 0 saturated heterocycles. The number of aromatic nitrogens is 1. The number of benzene rings is 1. The van der Waals surface area contributed by atoms with Crippen LogP contribution in [0.1, 0.15) is 11.3 Å². The Morgan fingerprint density at radius 3 is 2.94 bits per heavy atom. The molecule has 0 saturated carbocycles. The van der Waals surface area contributed by atoms with Gasteiger partial charge in [-0.3, -0.25) is 4.98 Å². The first-order valence-corrected chi connectivity index (χ1v) is 5.60. The lowest BCUT2D eigenvalue weighted by molar-refractivity contribution is 0.897. The average molecular weight is 210 g/mol. The highest BCUT2D eigenvalue weighted by Crippen LogP contribution is 2.21. The molecule has 2 heterocycles. The molecule has 1 aliphatic rings. The van der Waals surface area contributed by atoms with Gasteiger partial charge in [0, 0.05) is 24.2 Å². The zero-order valence-corrected chi connectivity index (χ0v) is 9.33. The van der Waals surface area contributed by atoms with Crippen molar-refractivity contribution in [2.45, 2.75) is 6.92 Å². The van der Waals surface area contributed by atoms with Crippen LogP contribution in [0.25, 0.3) is 16.5 Å². The zero-order chi connectivity index (χ0) is 11.0. The van der Waals surface area contributed by atoms with E-state index >= 15 is 0 Å². The van der Waals surface area contributed by atoms with Gasteiger partial charge in [0.05, 0.1) is 5.52 Å². The number of rotatable bonds is 1. The Kier molecular flexibility index (Phi) is 2.22. The number of pyridine rings is 1. The second-order valence-corrected chi connectivity index (χ2v) is 4.22. The number of fused-ring (bicyclic) bond motifs is 1. The summed E-state index contributed by atoms with van der Waals surface area (Å²) in [6, 6.07) is 10.7. The highest BCUT2D eigenvalue weighted by atomic mass is 14.9. The molecule has 1 N–H and O–H groups in total. The molecule has 1 aromatic heterocycles. The topological polar surface area (TPSA) is 24.9 Å². The summed E-state index contributed by atoms with van der Waals surface area (Å²) in [7, 11) is 0. The molecule has 2 aromatic rings. The molecule has 0 aliphatic carbocycles. The maximum absolute atomic E-state index is 4.51. The number of nitrogens with one attached hydrogen (secondary N) is 1. The van der Waals surface area contributed by atoms with Crippen LogP contribution in [0, 0.1) is 6.92 Å². The van der Waals surface area contributed by atoms with Gasteiger partial charge in [-0.1, -0.05) is 18.2 Å². The number of aryl methyl sites for hydroxylation is 1. The minimum Gasteiger partial charge on any atom is -0.309 e. The van der Waals surface area contributed by atoms with Crippen molar-refractivity contribution in [3.63, 3.8) is 0 Å². The summed E-state index contributed by atoms with van der Waals surface area (Å²) >= 11 is 0. The van der Waals surface area contributed by atoms with Gasteiger partial charge in [0.1, 0.15) is 0 Å². The summed E-state index contributed by atoms with van der Waals surface area (Å²) in [4.78, 5) is 4.51. The maximum atomic E-state index is 4.51. The van der Waals surface area contributed by atoms with Crippen molar-refractivity contribution in [3.05, 3.63) is 47.7 Å². The smallest absolute Gasteiger partial charge is 0.0705 e. The van der Waals surface area contributed by atoms with E-state index in [1.54, 1.807) is 0 Å². The number of nitrogens with zero attached hydrogens (tertiary/aromatic N) is 1. The molecule has 80 valence electrons. The van der Waals surface area contributed by atoms with Crippen molar-refractivity contribution in [3.8, 4) is 0 Å². The van der Waals surface area contributed by atoms with E-state index in [4.69, 9.17) is 0 Å². The van der Waals surface area contributed by atoms with Crippen molar-refractivity contribution in [2.24, 2.45) is 0 Å². The lowest BCUT2D eigenvalue weighted by atomic mass is 10.0. The van der Waals surface area contributed by atoms with Crippen molar-refractivity contribution in [1.29, 1.82) is 0 Å². The first-order chi connectivity index (χ1) is 7.83. The van der Waals surface area contributed by atoms with Crippen LogP contribution in [0.4, 0.5) is 0 Å². The van der Waals surface area contributed by atoms with Crippen molar-refractivity contribution in [2.75, 3.05) is 13.1 Å². The van der Waals surface area contributed by atoms with Gasteiger partial charge in [0.15, 0.2) is 0 Å². The zero-order valence-electron chi connectivity index (χ0n) is 9.33. The summed E-state index contributed by atoms with van der Waals surface area (Å²) < 4.78 is 0. The fourth-order valence-corrected chi connectivity index (χ4v) is 2.12. The molecular formula is C14H14N2. The molecule has 0 radical (unpaired) electrons. The lowest BCUT2D eigenvalue weighted by Crippen LogP contribution is -2.07. The standard InChI is InChI=1S/C14H14N2/c1-10-2-3-12-8-11(4-5-14(12)16-10)13-6-7-15-9-13/h2-6,8,15H,7,9H2,1H3. The molecule has 0 spiro atoms. The quantitative estimate of drug-likeness (QED) is 0.782. The normalized spacial score (nSPS) is 15.4. The highest BCUT2D eigenvalue weighted by molar-refractivity contribution is 5.84. The molecule has 1 aromatic carbocycles. The summed E-state index contributed by atoms with van der Waals surface area (Å²) in [5, 5.41) is 4.54. The number of hydrogen-bond acceptors (Lipinski definition) is 2. The van der Waals surface area contributed by atoms with Gasteiger partial charge < -0.3 is 5.32 Å². The monoisotopic (exact) mass is 210 g/mol. The van der Waals surface area contributed by atoms with Gasteiger partial charge in [-0.2, -0.15) is 0 Å². The van der Waals surface area contributed by atoms with E-state index in [2.05, 4.69) is 46.7 Å². The molecule has 0 amide bonds. The minimum atomic E-state index is 0.977. The minimum absolute atomic E-state index is 0.977. The highest BCUT2D eigenvalue weighted by Gasteiger charge is 2.07. The van der Waals surface area contributed by atoms with Gasteiger partial charge in [-0.15, -0.1) is 0 Å². The third-order valence-electron chi connectivity index (χ3n) is 3.01. The van der Waals surface area contributed by atoms with E-state index in [1.807, 2.05) is 6.92 Å². The lowest BCUT2D eigenvalue weighted by Gasteiger charge is -2.04. The Morgan fingerprint density at radius 2 is 2.12 bits per heavy atom. The predicted octanol–water partition coefficient (Wildman–Crippen LogP) is 2.53.